The third-order valence-electron chi connectivity index (χ3n) is 5.85. The number of halogens is 1. The van der Waals surface area contributed by atoms with Crippen LogP contribution in [-0.2, 0) is 0 Å². The number of fused-ring (bicyclic) bond motifs is 2. The summed E-state index contributed by atoms with van der Waals surface area (Å²) in [5, 5.41) is 19.2. The van der Waals surface area contributed by atoms with Crippen LogP contribution in [0, 0.1) is 10.1 Å². The van der Waals surface area contributed by atoms with Gasteiger partial charge in [0.2, 0.25) is 5.78 Å². The second kappa shape index (κ2) is 8.40. The van der Waals surface area contributed by atoms with Gasteiger partial charge in [0.25, 0.3) is 11.2 Å². The van der Waals surface area contributed by atoms with E-state index in [9.17, 15) is 14.9 Å². The third-order valence-corrected chi connectivity index (χ3v) is 6.11. The van der Waals surface area contributed by atoms with Crippen molar-refractivity contribution in [2.75, 3.05) is 0 Å². The zero-order valence-corrected chi connectivity index (χ0v) is 19.2. The van der Waals surface area contributed by atoms with Crippen molar-refractivity contribution in [1.82, 2.24) is 24.6 Å². The molecule has 3 aromatic carbocycles. The first-order chi connectivity index (χ1) is 17.5. The smallest absolute Gasteiger partial charge is 0.268 e. The van der Waals surface area contributed by atoms with Gasteiger partial charge in [-0.15, -0.1) is 0 Å². The lowest BCUT2D eigenvalue weighted by Crippen LogP contribution is -2.17. The molecule has 0 saturated heterocycles. The number of rotatable bonds is 4. The topological polar surface area (TPSA) is 119 Å². The zero-order chi connectivity index (χ0) is 24.8. The number of benzene rings is 3. The molecule has 6 aromatic rings. The summed E-state index contributed by atoms with van der Waals surface area (Å²) in [5.74, 6) is 0.385. The molecule has 0 saturated carbocycles. The first-order valence-corrected chi connectivity index (χ1v) is 11.3. The van der Waals surface area contributed by atoms with Crippen molar-refractivity contribution < 1.29 is 4.92 Å². The highest BCUT2D eigenvalue weighted by atomic mass is 35.5. The summed E-state index contributed by atoms with van der Waals surface area (Å²) in [6, 6.07) is 24.5. The first kappa shape index (κ1) is 21.6. The molecule has 0 unspecified atom stereocenters. The van der Waals surface area contributed by atoms with E-state index in [1.807, 2.05) is 48.5 Å². The van der Waals surface area contributed by atoms with Crippen LogP contribution in [0.3, 0.4) is 0 Å². The number of hydrogen-bond donors (Lipinski definition) is 1. The minimum atomic E-state index is -0.498. The number of H-pyrrole nitrogens is 1. The molecule has 0 aliphatic heterocycles. The molecule has 0 fully saturated rings. The van der Waals surface area contributed by atoms with Gasteiger partial charge >= 0.3 is 0 Å². The Balaban J connectivity index is 1.68. The highest BCUT2D eigenvalue weighted by Gasteiger charge is 2.20. The second-order valence-electron chi connectivity index (χ2n) is 8.06. The molecular formula is C26H15ClN6O3. The van der Waals surface area contributed by atoms with E-state index in [4.69, 9.17) is 16.6 Å². The molecule has 0 aliphatic rings. The number of nitro groups is 1. The average molecular weight is 495 g/mol. The summed E-state index contributed by atoms with van der Waals surface area (Å²) >= 11 is 6.11. The summed E-state index contributed by atoms with van der Waals surface area (Å²) in [6.45, 7) is 0. The maximum atomic E-state index is 13.9. The van der Waals surface area contributed by atoms with E-state index in [1.54, 1.807) is 24.3 Å². The Labute approximate surface area is 207 Å². The molecule has 36 heavy (non-hydrogen) atoms. The zero-order valence-electron chi connectivity index (χ0n) is 18.4. The summed E-state index contributed by atoms with van der Waals surface area (Å²) < 4.78 is 1.31. The van der Waals surface area contributed by atoms with Gasteiger partial charge < -0.3 is 0 Å². The first-order valence-electron chi connectivity index (χ1n) is 10.9. The molecule has 0 amide bonds. The van der Waals surface area contributed by atoms with E-state index >= 15 is 0 Å². The molecule has 9 nitrogen and oxygen atoms in total. The minimum Gasteiger partial charge on any atom is -0.268 e. The van der Waals surface area contributed by atoms with Crippen molar-refractivity contribution in [1.29, 1.82) is 0 Å². The van der Waals surface area contributed by atoms with Crippen molar-refractivity contribution in [2.24, 2.45) is 0 Å². The molecule has 0 atom stereocenters. The average Bonchev–Trinajstić information content (AvgIpc) is 3.33. The lowest BCUT2D eigenvalue weighted by molar-refractivity contribution is -0.384. The number of aromatic nitrogens is 5. The van der Waals surface area contributed by atoms with Crippen LogP contribution in [-0.4, -0.2) is 29.5 Å². The molecule has 0 radical (unpaired) electrons. The van der Waals surface area contributed by atoms with E-state index in [2.05, 4.69) is 15.2 Å². The van der Waals surface area contributed by atoms with Crippen LogP contribution in [0.4, 0.5) is 5.69 Å². The van der Waals surface area contributed by atoms with Gasteiger partial charge in [-0.25, -0.2) is 14.5 Å². The van der Waals surface area contributed by atoms with Gasteiger partial charge in [0.15, 0.2) is 11.5 Å². The number of nitrogens with zero attached hydrogens (tertiary/aromatic N) is 5. The fourth-order valence-corrected chi connectivity index (χ4v) is 4.30. The quantitative estimate of drug-likeness (QED) is 0.254. The van der Waals surface area contributed by atoms with Crippen LogP contribution in [0.25, 0.3) is 50.6 Å². The van der Waals surface area contributed by atoms with E-state index in [0.717, 1.165) is 11.1 Å². The largest absolute Gasteiger partial charge is 0.270 e. The van der Waals surface area contributed by atoms with Crippen molar-refractivity contribution in [3.8, 4) is 33.8 Å². The van der Waals surface area contributed by atoms with E-state index < -0.39 is 10.5 Å². The number of pyridine rings is 1. The van der Waals surface area contributed by atoms with Crippen LogP contribution >= 0.6 is 11.6 Å². The van der Waals surface area contributed by atoms with Gasteiger partial charge in [0.1, 0.15) is 0 Å². The third kappa shape index (κ3) is 3.58. The Hall–Kier alpha value is -4.89. The number of hydrogen-bond acceptors (Lipinski definition) is 6. The van der Waals surface area contributed by atoms with Crippen LogP contribution in [0.15, 0.2) is 89.7 Å². The summed E-state index contributed by atoms with van der Waals surface area (Å²) in [4.78, 5) is 34.0. The van der Waals surface area contributed by atoms with Gasteiger partial charge in [-0.05, 0) is 23.8 Å². The van der Waals surface area contributed by atoms with Crippen molar-refractivity contribution in [3.63, 3.8) is 0 Å². The molecule has 0 aliphatic carbocycles. The monoisotopic (exact) mass is 494 g/mol. The van der Waals surface area contributed by atoms with Crippen molar-refractivity contribution >= 4 is 34.1 Å². The van der Waals surface area contributed by atoms with Crippen LogP contribution in [0.5, 0.6) is 0 Å². The molecule has 10 heteroatoms. The van der Waals surface area contributed by atoms with Crippen LogP contribution in [0.2, 0.25) is 5.02 Å². The summed E-state index contributed by atoms with van der Waals surface area (Å²) in [5.41, 5.74) is 3.07. The van der Waals surface area contributed by atoms with Gasteiger partial charge in [0, 0.05) is 33.8 Å². The van der Waals surface area contributed by atoms with Gasteiger partial charge in [-0.1, -0.05) is 66.2 Å². The SMILES string of the molecule is O=c1c2c(-c3ccc(Cl)cc3)cc(-c3ccccc3)nc2nc2[nH]nc(-c3cccc([N+](=O)[O-])c3)n12. The van der Waals surface area contributed by atoms with Crippen LogP contribution < -0.4 is 5.56 Å². The Morgan fingerprint density at radius 2 is 1.61 bits per heavy atom. The maximum absolute atomic E-state index is 13.9. The van der Waals surface area contributed by atoms with E-state index in [1.165, 1.54) is 16.5 Å². The minimum absolute atomic E-state index is 0.110. The molecule has 0 bridgehead atoms. The normalized spacial score (nSPS) is 11.2. The van der Waals surface area contributed by atoms with Crippen LogP contribution in [0.1, 0.15) is 0 Å². The van der Waals surface area contributed by atoms with E-state index in [0.29, 0.717) is 27.2 Å². The molecule has 3 aromatic heterocycles. The van der Waals surface area contributed by atoms with Gasteiger partial charge in [0.05, 0.1) is 16.0 Å². The predicted molar refractivity (Wildman–Crippen MR) is 137 cm³/mol. The Kier molecular flexibility index (Phi) is 5.05. The lowest BCUT2D eigenvalue weighted by Gasteiger charge is -2.10. The number of non-ortho nitro benzene ring substituents is 1. The molecular weight excluding hydrogens is 480 g/mol. The van der Waals surface area contributed by atoms with Gasteiger partial charge in [-0.3, -0.25) is 14.9 Å². The summed E-state index contributed by atoms with van der Waals surface area (Å²) in [6.07, 6.45) is 0. The number of nitro benzene ring substituents is 1. The predicted octanol–water partition coefficient (Wildman–Crippen LogP) is 5.53. The van der Waals surface area contributed by atoms with Crippen molar-refractivity contribution in [3.05, 3.63) is 110 Å². The Morgan fingerprint density at radius 3 is 2.36 bits per heavy atom. The molecule has 0 spiro atoms. The van der Waals surface area contributed by atoms with Crippen molar-refractivity contribution in [2.45, 2.75) is 0 Å². The molecule has 6 rings (SSSR count). The molecule has 174 valence electrons. The number of nitrogens with one attached hydrogen (secondary N) is 1. The van der Waals surface area contributed by atoms with Gasteiger partial charge in [-0.2, -0.15) is 10.1 Å². The number of aromatic amines is 1. The second-order valence-corrected chi connectivity index (χ2v) is 8.49. The van der Waals surface area contributed by atoms with E-state index in [-0.39, 0.29) is 22.9 Å². The standard InChI is InChI=1S/C26H15ClN6O3/c27-18-11-9-15(10-12-18)20-14-21(16-5-2-1-3-6-16)28-23-22(20)25(34)32-24(30-31-26(32)29-23)17-7-4-8-19(13-17)33(35)36/h1-14H,(H,28,29,31). The maximum Gasteiger partial charge on any atom is 0.270 e. The fourth-order valence-electron chi connectivity index (χ4n) is 4.17. The Morgan fingerprint density at radius 1 is 0.861 bits per heavy atom. The summed E-state index contributed by atoms with van der Waals surface area (Å²) in [7, 11) is 0. The highest BCUT2D eigenvalue weighted by molar-refractivity contribution is 6.30. The lowest BCUT2D eigenvalue weighted by atomic mass is 10.0. The molecule has 3 heterocycles. The molecule has 1 N–H and O–H groups in total. The Bertz CT molecular complexity index is 1850. The highest BCUT2D eigenvalue weighted by Crippen LogP contribution is 2.31. The fraction of sp³-hybridized carbons (Fsp3) is 0.